The molecule has 2 aromatic heterocycles. The van der Waals surface area contributed by atoms with Gasteiger partial charge >= 0.3 is 0 Å². The van der Waals surface area contributed by atoms with Crippen molar-refractivity contribution in [3.63, 3.8) is 0 Å². The molecular weight excluding hydrogens is 332 g/mol. The van der Waals surface area contributed by atoms with Gasteiger partial charge in [-0.05, 0) is 32.4 Å². The maximum atomic E-state index is 12.3. The predicted octanol–water partition coefficient (Wildman–Crippen LogP) is 1.47. The van der Waals surface area contributed by atoms with Gasteiger partial charge in [-0.3, -0.25) is 19.3 Å². The number of aromatic amines is 1. The van der Waals surface area contributed by atoms with E-state index < -0.39 is 0 Å². The van der Waals surface area contributed by atoms with Crippen molar-refractivity contribution in [2.45, 2.75) is 26.8 Å². The van der Waals surface area contributed by atoms with Gasteiger partial charge in [-0.15, -0.1) is 0 Å². The number of nitrogens with one attached hydrogen (secondary N) is 2. The third-order valence-corrected chi connectivity index (χ3v) is 3.88. The zero-order valence-corrected chi connectivity index (χ0v) is 14.7. The summed E-state index contributed by atoms with van der Waals surface area (Å²) in [5.41, 5.74) is 1.55. The van der Waals surface area contributed by atoms with E-state index in [0.717, 1.165) is 23.6 Å². The SMILES string of the molecule is Cc1nc(C)n(CCCNC(=O)c2cccc(-c3cncc(=O)[nH]3)c2)n1. The summed E-state index contributed by atoms with van der Waals surface area (Å²) in [4.78, 5) is 34.6. The van der Waals surface area contributed by atoms with Crippen molar-refractivity contribution in [1.29, 1.82) is 0 Å². The Morgan fingerprint density at radius 1 is 1.27 bits per heavy atom. The smallest absolute Gasteiger partial charge is 0.266 e. The molecule has 1 amide bonds. The van der Waals surface area contributed by atoms with E-state index in [4.69, 9.17) is 0 Å². The van der Waals surface area contributed by atoms with Crippen LogP contribution in [0.4, 0.5) is 0 Å². The van der Waals surface area contributed by atoms with Crippen molar-refractivity contribution in [3.8, 4) is 11.3 Å². The summed E-state index contributed by atoms with van der Waals surface area (Å²) in [6.07, 6.45) is 3.52. The van der Waals surface area contributed by atoms with Crippen LogP contribution in [0.1, 0.15) is 28.4 Å². The normalized spacial score (nSPS) is 10.7. The molecule has 3 rings (SSSR count). The zero-order chi connectivity index (χ0) is 18.5. The lowest BCUT2D eigenvalue weighted by atomic mass is 10.1. The molecule has 3 aromatic rings. The van der Waals surface area contributed by atoms with Crippen molar-refractivity contribution in [3.05, 3.63) is 64.2 Å². The number of benzene rings is 1. The molecule has 26 heavy (non-hydrogen) atoms. The lowest BCUT2D eigenvalue weighted by Gasteiger charge is -2.08. The van der Waals surface area contributed by atoms with Crippen molar-refractivity contribution >= 4 is 5.91 Å². The van der Waals surface area contributed by atoms with Gasteiger partial charge in [-0.1, -0.05) is 12.1 Å². The summed E-state index contributed by atoms with van der Waals surface area (Å²) in [6.45, 7) is 5.00. The van der Waals surface area contributed by atoms with Crippen LogP contribution in [0.2, 0.25) is 0 Å². The number of hydrogen-bond donors (Lipinski definition) is 2. The number of carbonyl (C=O) groups is 1. The topological polar surface area (TPSA) is 106 Å². The molecule has 0 fully saturated rings. The first-order chi connectivity index (χ1) is 12.5. The van der Waals surface area contributed by atoms with E-state index in [2.05, 4.69) is 25.4 Å². The minimum atomic E-state index is -0.281. The van der Waals surface area contributed by atoms with Gasteiger partial charge in [0.2, 0.25) is 0 Å². The molecule has 0 spiro atoms. The molecule has 2 N–H and O–H groups in total. The molecule has 1 aromatic carbocycles. The Morgan fingerprint density at radius 3 is 2.85 bits per heavy atom. The highest BCUT2D eigenvalue weighted by Crippen LogP contribution is 2.16. The second kappa shape index (κ2) is 7.73. The van der Waals surface area contributed by atoms with Crippen LogP contribution in [0.15, 0.2) is 41.5 Å². The minimum absolute atomic E-state index is 0.162. The van der Waals surface area contributed by atoms with Crippen LogP contribution in [0.3, 0.4) is 0 Å². The fourth-order valence-electron chi connectivity index (χ4n) is 2.66. The maximum absolute atomic E-state index is 12.3. The first-order valence-electron chi connectivity index (χ1n) is 8.34. The number of H-pyrrole nitrogens is 1. The lowest BCUT2D eigenvalue weighted by Crippen LogP contribution is -2.25. The minimum Gasteiger partial charge on any atom is -0.352 e. The number of aromatic nitrogens is 5. The highest BCUT2D eigenvalue weighted by atomic mass is 16.1. The van der Waals surface area contributed by atoms with Gasteiger partial charge < -0.3 is 10.3 Å². The molecular formula is C18H20N6O2. The maximum Gasteiger partial charge on any atom is 0.266 e. The van der Waals surface area contributed by atoms with E-state index in [0.29, 0.717) is 24.3 Å². The molecule has 0 aliphatic carbocycles. The molecule has 0 bridgehead atoms. The molecule has 0 saturated carbocycles. The highest BCUT2D eigenvalue weighted by Gasteiger charge is 2.08. The van der Waals surface area contributed by atoms with Crippen molar-refractivity contribution in [1.82, 2.24) is 30.0 Å². The molecule has 0 atom stereocenters. The van der Waals surface area contributed by atoms with Crippen LogP contribution in [-0.4, -0.2) is 37.2 Å². The van der Waals surface area contributed by atoms with E-state index >= 15 is 0 Å². The standard InChI is InChI=1S/C18H20N6O2/c1-12-21-13(2)24(23-12)8-4-7-20-18(26)15-6-3-5-14(9-15)16-10-19-11-17(25)22-16/h3,5-6,9-11H,4,7-8H2,1-2H3,(H,20,26)(H,22,25). The van der Waals surface area contributed by atoms with Crippen molar-refractivity contribution < 1.29 is 4.79 Å². The Hall–Kier alpha value is -3.29. The second-order valence-electron chi connectivity index (χ2n) is 5.93. The molecule has 0 aliphatic heterocycles. The predicted molar refractivity (Wildman–Crippen MR) is 96.7 cm³/mol. The summed E-state index contributed by atoms with van der Waals surface area (Å²) in [6, 6.07) is 7.06. The van der Waals surface area contributed by atoms with Gasteiger partial charge in [0.25, 0.3) is 11.5 Å². The number of hydrogen-bond acceptors (Lipinski definition) is 5. The van der Waals surface area contributed by atoms with Crippen LogP contribution >= 0.6 is 0 Å². The van der Waals surface area contributed by atoms with Crippen LogP contribution in [0.5, 0.6) is 0 Å². The first-order valence-corrected chi connectivity index (χ1v) is 8.34. The van der Waals surface area contributed by atoms with Crippen LogP contribution in [0.25, 0.3) is 11.3 Å². The summed E-state index contributed by atoms with van der Waals surface area (Å²) in [5.74, 6) is 1.45. The van der Waals surface area contributed by atoms with Crippen LogP contribution in [-0.2, 0) is 6.54 Å². The van der Waals surface area contributed by atoms with E-state index in [1.54, 1.807) is 24.4 Å². The third-order valence-electron chi connectivity index (χ3n) is 3.88. The Kier molecular flexibility index (Phi) is 5.21. The average Bonchev–Trinajstić information content (AvgIpc) is 2.96. The number of nitrogens with zero attached hydrogens (tertiary/aromatic N) is 4. The Bertz CT molecular complexity index is 976. The van der Waals surface area contributed by atoms with E-state index in [9.17, 15) is 9.59 Å². The molecule has 0 aliphatic rings. The monoisotopic (exact) mass is 352 g/mol. The molecule has 0 saturated heterocycles. The zero-order valence-electron chi connectivity index (χ0n) is 14.7. The number of carbonyl (C=O) groups excluding carboxylic acids is 1. The Morgan fingerprint density at radius 2 is 2.12 bits per heavy atom. The second-order valence-corrected chi connectivity index (χ2v) is 5.93. The molecule has 134 valence electrons. The van der Waals surface area contributed by atoms with Gasteiger partial charge in [0, 0.05) is 24.2 Å². The fourth-order valence-corrected chi connectivity index (χ4v) is 2.66. The van der Waals surface area contributed by atoms with Crippen molar-refractivity contribution in [2.75, 3.05) is 6.54 Å². The Labute approximate surface area is 150 Å². The summed E-state index contributed by atoms with van der Waals surface area (Å²) >= 11 is 0. The van der Waals surface area contributed by atoms with Gasteiger partial charge in [-0.25, -0.2) is 4.98 Å². The number of rotatable bonds is 6. The molecule has 0 radical (unpaired) electrons. The lowest BCUT2D eigenvalue weighted by molar-refractivity contribution is 0.0952. The van der Waals surface area contributed by atoms with Crippen molar-refractivity contribution in [2.24, 2.45) is 0 Å². The molecule has 2 heterocycles. The Balaban J connectivity index is 1.59. The quantitative estimate of drug-likeness (QED) is 0.654. The van der Waals surface area contributed by atoms with Crippen LogP contribution in [0, 0.1) is 13.8 Å². The van der Waals surface area contributed by atoms with Gasteiger partial charge in [0.1, 0.15) is 11.6 Å². The number of aryl methyl sites for hydroxylation is 3. The van der Waals surface area contributed by atoms with Gasteiger partial charge in [0.05, 0.1) is 18.1 Å². The fraction of sp³-hybridized carbons (Fsp3) is 0.278. The number of amides is 1. The van der Waals surface area contributed by atoms with E-state index in [1.165, 1.54) is 6.20 Å². The summed E-state index contributed by atoms with van der Waals surface area (Å²) in [7, 11) is 0. The van der Waals surface area contributed by atoms with E-state index in [1.807, 2.05) is 24.6 Å². The average molecular weight is 352 g/mol. The molecule has 8 heteroatoms. The summed E-state index contributed by atoms with van der Waals surface area (Å²) < 4.78 is 1.83. The first kappa shape index (κ1) is 17.5. The summed E-state index contributed by atoms with van der Waals surface area (Å²) in [5, 5.41) is 7.19. The van der Waals surface area contributed by atoms with E-state index in [-0.39, 0.29) is 11.5 Å². The largest absolute Gasteiger partial charge is 0.352 e. The van der Waals surface area contributed by atoms with Gasteiger partial charge in [-0.2, -0.15) is 5.10 Å². The van der Waals surface area contributed by atoms with Crippen LogP contribution < -0.4 is 10.9 Å². The molecule has 0 unspecified atom stereocenters. The molecule has 8 nitrogen and oxygen atoms in total. The van der Waals surface area contributed by atoms with Gasteiger partial charge in [0.15, 0.2) is 0 Å². The highest BCUT2D eigenvalue weighted by molar-refractivity contribution is 5.95. The third kappa shape index (κ3) is 4.21.